The third-order valence-electron chi connectivity index (χ3n) is 6.78. The summed E-state index contributed by atoms with van der Waals surface area (Å²) in [6.45, 7) is 0.407. The number of nitrogens with one attached hydrogen (secondary N) is 1. The predicted octanol–water partition coefficient (Wildman–Crippen LogP) is -2.63. The Morgan fingerprint density at radius 1 is 1.12 bits per heavy atom. The van der Waals surface area contributed by atoms with Crippen LogP contribution in [-0.2, 0) is 16.6 Å². The Bertz CT molecular complexity index is 1230. The lowest BCUT2D eigenvalue weighted by atomic mass is 10.0. The summed E-state index contributed by atoms with van der Waals surface area (Å²) in [6, 6.07) is 0.711. The van der Waals surface area contributed by atoms with Gasteiger partial charge in [0.15, 0.2) is 11.4 Å². The number of fused-ring (bicyclic) bond motifs is 2. The van der Waals surface area contributed by atoms with Crippen LogP contribution in [0.3, 0.4) is 0 Å². The molecule has 14 heteroatoms. The normalized spacial score (nSPS) is 25.9. The predicted molar refractivity (Wildman–Crippen MR) is 113 cm³/mol. The number of carbonyl (C=O) groups is 5. The molecular formula is C20H23N9O5. The van der Waals surface area contributed by atoms with Gasteiger partial charge in [-0.15, -0.1) is 5.10 Å². The summed E-state index contributed by atoms with van der Waals surface area (Å²) in [5.41, 5.74) is 10.5. The SMILES string of the molecule is Cn1cccc1C(=O)N[C@H]1CCN2C(=O)[C@@H]3C[C@H](n4nnc(C(N)=O)c4C(N)=O)CN3C(=O)[C@H]12. The van der Waals surface area contributed by atoms with Crippen molar-refractivity contribution in [3.8, 4) is 0 Å². The number of hydrogen-bond donors (Lipinski definition) is 3. The second-order valence-corrected chi connectivity index (χ2v) is 8.71. The molecule has 3 saturated heterocycles. The zero-order chi connectivity index (χ0) is 24.3. The Balaban J connectivity index is 1.39. The molecule has 5 rings (SSSR count). The Morgan fingerprint density at radius 3 is 2.53 bits per heavy atom. The fourth-order valence-corrected chi connectivity index (χ4v) is 5.21. The molecule has 0 aromatic carbocycles. The molecule has 0 unspecified atom stereocenters. The molecule has 0 spiro atoms. The average Bonchev–Trinajstić information content (AvgIpc) is 3.55. The maximum Gasteiger partial charge on any atom is 0.271 e. The first-order chi connectivity index (χ1) is 16.2. The van der Waals surface area contributed by atoms with Crippen molar-refractivity contribution in [2.75, 3.05) is 13.1 Å². The van der Waals surface area contributed by atoms with Gasteiger partial charge in [-0.05, 0) is 18.6 Å². The van der Waals surface area contributed by atoms with Gasteiger partial charge in [0, 0.05) is 32.8 Å². The first-order valence-electron chi connectivity index (χ1n) is 10.8. The van der Waals surface area contributed by atoms with Crippen molar-refractivity contribution in [3.63, 3.8) is 0 Å². The molecule has 2 aromatic heterocycles. The molecular weight excluding hydrogens is 446 g/mol. The Morgan fingerprint density at radius 2 is 1.88 bits per heavy atom. The molecule has 4 atom stereocenters. The Hall–Kier alpha value is -4.23. The average molecular weight is 469 g/mol. The van der Waals surface area contributed by atoms with E-state index in [1.54, 1.807) is 29.9 Å². The molecule has 14 nitrogen and oxygen atoms in total. The smallest absolute Gasteiger partial charge is 0.271 e. The van der Waals surface area contributed by atoms with Crippen molar-refractivity contribution in [2.45, 2.75) is 37.0 Å². The van der Waals surface area contributed by atoms with Crippen LogP contribution in [0, 0.1) is 0 Å². The first-order valence-corrected chi connectivity index (χ1v) is 10.8. The highest BCUT2D eigenvalue weighted by Crippen LogP contribution is 2.36. The number of aromatic nitrogens is 4. The summed E-state index contributed by atoms with van der Waals surface area (Å²) >= 11 is 0. The minimum absolute atomic E-state index is 0.0693. The molecule has 0 saturated carbocycles. The number of aryl methyl sites for hydroxylation is 1. The number of carbonyl (C=O) groups excluding carboxylic acids is 5. The van der Waals surface area contributed by atoms with E-state index in [2.05, 4.69) is 15.6 Å². The van der Waals surface area contributed by atoms with Crippen LogP contribution in [0.15, 0.2) is 18.3 Å². The fourth-order valence-electron chi connectivity index (χ4n) is 5.21. The van der Waals surface area contributed by atoms with Crippen LogP contribution in [0.25, 0.3) is 0 Å². The zero-order valence-electron chi connectivity index (χ0n) is 18.2. The van der Waals surface area contributed by atoms with Crippen LogP contribution >= 0.6 is 0 Å². The lowest BCUT2D eigenvalue weighted by Gasteiger charge is -2.40. The van der Waals surface area contributed by atoms with Crippen LogP contribution in [0.2, 0.25) is 0 Å². The largest absolute Gasteiger partial charge is 0.364 e. The molecule has 0 radical (unpaired) electrons. The Labute approximate surface area is 192 Å². The number of piperazine rings is 1. The van der Waals surface area contributed by atoms with E-state index in [4.69, 9.17) is 11.5 Å². The fraction of sp³-hybridized carbons (Fsp3) is 0.450. The van der Waals surface area contributed by atoms with Crippen molar-refractivity contribution in [1.82, 2.24) is 34.7 Å². The van der Waals surface area contributed by atoms with E-state index in [-0.39, 0.29) is 42.1 Å². The van der Waals surface area contributed by atoms with E-state index in [0.29, 0.717) is 18.7 Å². The van der Waals surface area contributed by atoms with Gasteiger partial charge in [-0.3, -0.25) is 24.0 Å². The van der Waals surface area contributed by atoms with E-state index in [1.165, 1.54) is 14.5 Å². The van der Waals surface area contributed by atoms with Crippen molar-refractivity contribution < 1.29 is 24.0 Å². The lowest BCUT2D eigenvalue weighted by Crippen LogP contribution is -2.64. The highest BCUT2D eigenvalue weighted by atomic mass is 16.2. The lowest BCUT2D eigenvalue weighted by molar-refractivity contribution is -0.157. The van der Waals surface area contributed by atoms with Crippen molar-refractivity contribution in [1.29, 1.82) is 0 Å². The van der Waals surface area contributed by atoms with Crippen LogP contribution in [-0.4, -0.2) is 90.1 Å². The van der Waals surface area contributed by atoms with Gasteiger partial charge in [-0.2, -0.15) is 0 Å². The molecule has 5 N–H and O–H groups in total. The number of amides is 5. The highest BCUT2D eigenvalue weighted by molar-refractivity contribution is 6.04. The Kier molecular flexibility index (Phi) is 4.88. The highest BCUT2D eigenvalue weighted by Gasteiger charge is 2.55. The third-order valence-corrected chi connectivity index (χ3v) is 6.78. The number of nitrogens with two attached hydrogens (primary N) is 2. The zero-order valence-corrected chi connectivity index (χ0v) is 18.2. The maximum atomic E-state index is 13.5. The molecule has 3 fully saturated rings. The van der Waals surface area contributed by atoms with Gasteiger partial charge in [0.1, 0.15) is 17.8 Å². The van der Waals surface area contributed by atoms with E-state index in [9.17, 15) is 24.0 Å². The molecule has 0 aliphatic carbocycles. The molecule has 0 bridgehead atoms. The second kappa shape index (κ2) is 7.67. The van der Waals surface area contributed by atoms with E-state index < -0.39 is 36.0 Å². The standard InChI is InChI=1S/C20H23N9O5/c1-26-5-2-3-11(26)18(32)23-10-4-6-27-14(10)20(34)28-8-9(7-12(28)19(27)33)29-15(17(22)31)13(16(21)30)24-25-29/h2-3,5,9-10,12,14H,4,6-8H2,1H3,(H2,21,30)(H2,22,31)(H,23,32)/t9-,10-,12-,14-/m0/s1. The molecule has 5 heterocycles. The maximum absolute atomic E-state index is 13.5. The molecule has 3 aliphatic heterocycles. The minimum atomic E-state index is -0.958. The van der Waals surface area contributed by atoms with Gasteiger partial charge >= 0.3 is 0 Å². The summed E-state index contributed by atoms with van der Waals surface area (Å²) in [6.07, 6.45) is 2.38. The molecule has 3 aliphatic rings. The van der Waals surface area contributed by atoms with Crippen molar-refractivity contribution in [2.24, 2.45) is 18.5 Å². The quantitative estimate of drug-likeness (QED) is 0.426. The molecule has 5 amide bonds. The number of primary amides is 2. The number of rotatable bonds is 5. The van der Waals surface area contributed by atoms with Crippen molar-refractivity contribution in [3.05, 3.63) is 35.4 Å². The molecule has 34 heavy (non-hydrogen) atoms. The number of nitrogens with zero attached hydrogens (tertiary/aromatic N) is 6. The van der Waals surface area contributed by atoms with Crippen LogP contribution in [0.1, 0.15) is 50.3 Å². The molecule has 2 aromatic rings. The van der Waals surface area contributed by atoms with E-state index >= 15 is 0 Å². The van der Waals surface area contributed by atoms with Gasteiger partial charge in [0.05, 0.1) is 12.1 Å². The summed E-state index contributed by atoms with van der Waals surface area (Å²) in [4.78, 5) is 65.9. The first kappa shape index (κ1) is 21.6. The van der Waals surface area contributed by atoms with Gasteiger partial charge < -0.3 is 31.2 Å². The summed E-state index contributed by atoms with van der Waals surface area (Å²) < 4.78 is 2.84. The van der Waals surface area contributed by atoms with E-state index in [0.717, 1.165) is 0 Å². The van der Waals surface area contributed by atoms with Gasteiger partial charge in [-0.1, -0.05) is 5.21 Å². The van der Waals surface area contributed by atoms with Crippen molar-refractivity contribution >= 4 is 29.5 Å². The second-order valence-electron chi connectivity index (χ2n) is 8.71. The summed E-state index contributed by atoms with van der Waals surface area (Å²) in [5.74, 6) is -2.75. The van der Waals surface area contributed by atoms with Gasteiger partial charge in [0.25, 0.3) is 17.7 Å². The number of hydrogen-bond acceptors (Lipinski definition) is 7. The third kappa shape index (κ3) is 3.13. The van der Waals surface area contributed by atoms with Gasteiger partial charge in [0.2, 0.25) is 11.8 Å². The topological polar surface area (TPSA) is 192 Å². The van der Waals surface area contributed by atoms with Crippen LogP contribution in [0.5, 0.6) is 0 Å². The summed E-state index contributed by atoms with van der Waals surface area (Å²) in [5, 5.41) is 10.4. The van der Waals surface area contributed by atoms with E-state index in [1.807, 2.05) is 0 Å². The monoisotopic (exact) mass is 469 g/mol. The molecule has 178 valence electrons. The van der Waals surface area contributed by atoms with Crippen LogP contribution in [0.4, 0.5) is 0 Å². The van der Waals surface area contributed by atoms with Crippen LogP contribution < -0.4 is 16.8 Å². The minimum Gasteiger partial charge on any atom is -0.364 e. The van der Waals surface area contributed by atoms with Gasteiger partial charge in [-0.25, -0.2) is 4.68 Å². The summed E-state index contributed by atoms with van der Waals surface area (Å²) in [7, 11) is 1.74.